The molecule has 4 nitrogen and oxygen atoms in total. The van der Waals surface area contributed by atoms with Gasteiger partial charge in [0.1, 0.15) is 0 Å². The maximum Gasteiger partial charge on any atom is 0.0701 e. The molecule has 1 aliphatic rings. The molecule has 1 aliphatic carbocycles. The number of rotatable bonds is 9. The van der Waals surface area contributed by atoms with Crippen molar-refractivity contribution in [3.05, 3.63) is 0 Å². The largest absolute Gasteiger partial charge is 0.393 e. The quantitative estimate of drug-likeness (QED) is 0.665. The molecule has 0 saturated heterocycles. The summed E-state index contributed by atoms with van der Waals surface area (Å²) < 4.78 is 15.9. The van der Waals surface area contributed by atoms with Crippen molar-refractivity contribution >= 4 is 0 Å². The van der Waals surface area contributed by atoms with Crippen LogP contribution in [0.15, 0.2) is 0 Å². The third-order valence-electron chi connectivity index (χ3n) is 4.60. The van der Waals surface area contributed by atoms with Gasteiger partial charge in [0.05, 0.1) is 32.5 Å². The Hall–Kier alpha value is -0.160. The highest BCUT2D eigenvalue weighted by Gasteiger charge is 2.34. The lowest BCUT2D eigenvalue weighted by atomic mass is 9.67. The van der Waals surface area contributed by atoms with E-state index in [4.69, 9.17) is 14.2 Å². The van der Waals surface area contributed by atoms with E-state index in [1.807, 2.05) is 0 Å². The maximum atomic E-state index is 10.2. The zero-order chi connectivity index (χ0) is 15.7. The molecule has 0 heterocycles. The number of aliphatic hydroxyl groups excluding tert-OH is 1. The molecule has 3 unspecified atom stereocenters. The summed E-state index contributed by atoms with van der Waals surface area (Å²) in [5, 5.41) is 10.2. The van der Waals surface area contributed by atoms with Gasteiger partial charge in [-0.05, 0) is 42.9 Å². The summed E-state index contributed by atoms with van der Waals surface area (Å²) in [6, 6.07) is 0. The van der Waals surface area contributed by atoms with Crippen molar-refractivity contribution in [3.8, 4) is 0 Å². The second kappa shape index (κ2) is 9.78. The Balaban J connectivity index is 2.12. The highest BCUT2D eigenvalue weighted by atomic mass is 16.5. The monoisotopic (exact) mass is 302 g/mol. The smallest absolute Gasteiger partial charge is 0.0701 e. The molecule has 1 fully saturated rings. The van der Waals surface area contributed by atoms with Crippen LogP contribution in [0.1, 0.15) is 46.5 Å². The Morgan fingerprint density at radius 3 is 2.19 bits per heavy atom. The van der Waals surface area contributed by atoms with E-state index in [1.54, 1.807) is 7.11 Å². The minimum Gasteiger partial charge on any atom is -0.393 e. The Morgan fingerprint density at radius 2 is 1.57 bits per heavy atom. The second-order valence-electron chi connectivity index (χ2n) is 7.21. The molecule has 3 atom stereocenters. The van der Waals surface area contributed by atoms with Crippen molar-refractivity contribution < 1.29 is 19.3 Å². The van der Waals surface area contributed by atoms with Crippen LogP contribution in [0, 0.1) is 17.3 Å². The third kappa shape index (κ3) is 7.59. The molecular weight excluding hydrogens is 268 g/mol. The first-order valence-electron chi connectivity index (χ1n) is 8.27. The highest BCUT2D eigenvalue weighted by molar-refractivity contribution is 4.85. The van der Waals surface area contributed by atoms with Crippen molar-refractivity contribution in [2.24, 2.45) is 17.3 Å². The van der Waals surface area contributed by atoms with Gasteiger partial charge in [0, 0.05) is 13.7 Å². The summed E-state index contributed by atoms with van der Waals surface area (Å²) in [4.78, 5) is 0. The first kappa shape index (κ1) is 18.9. The molecule has 0 radical (unpaired) electrons. The van der Waals surface area contributed by atoms with Gasteiger partial charge in [-0.2, -0.15) is 0 Å². The van der Waals surface area contributed by atoms with Crippen molar-refractivity contribution in [1.82, 2.24) is 0 Å². The van der Waals surface area contributed by atoms with Crippen molar-refractivity contribution in [1.29, 1.82) is 0 Å². The Labute approximate surface area is 130 Å². The van der Waals surface area contributed by atoms with Crippen molar-refractivity contribution in [3.63, 3.8) is 0 Å². The lowest BCUT2D eigenvalue weighted by Crippen LogP contribution is -2.35. The highest BCUT2D eigenvalue weighted by Crippen LogP contribution is 2.41. The van der Waals surface area contributed by atoms with Crippen LogP contribution in [0.3, 0.4) is 0 Å². The van der Waals surface area contributed by atoms with E-state index in [-0.39, 0.29) is 6.10 Å². The van der Waals surface area contributed by atoms with Gasteiger partial charge >= 0.3 is 0 Å². The number of methoxy groups -OCH3 is 1. The predicted octanol–water partition coefficient (Wildman–Crippen LogP) is 2.88. The zero-order valence-electron chi connectivity index (χ0n) is 14.3. The molecule has 1 saturated carbocycles. The van der Waals surface area contributed by atoms with Crippen LogP contribution in [-0.2, 0) is 14.2 Å². The van der Waals surface area contributed by atoms with E-state index in [2.05, 4.69) is 20.8 Å². The Morgan fingerprint density at radius 1 is 0.952 bits per heavy atom. The summed E-state index contributed by atoms with van der Waals surface area (Å²) in [6.45, 7) is 10.1. The molecule has 21 heavy (non-hydrogen) atoms. The van der Waals surface area contributed by atoms with Crippen LogP contribution in [0.2, 0.25) is 0 Å². The fourth-order valence-electron chi connectivity index (χ4n) is 3.04. The zero-order valence-corrected chi connectivity index (χ0v) is 14.3. The van der Waals surface area contributed by atoms with Crippen LogP contribution in [-0.4, -0.2) is 51.4 Å². The fourth-order valence-corrected chi connectivity index (χ4v) is 3.04. The minimum absolute atomic E-state index is 0.148. The van der Waals surface area contributed by atoms with E-state index in [0.29, 0.717) is 50.3 Å². The average molecular weight is 302 g/mol. The average Bonchev–Trinajstić information content (AvgIpc) is 2.42. The van der Waals surface area contributed by atoms with E-state index in [0.717, 1.165) is 25.7 Å². The molecule has 4 heteroatoms. The number of hydrogen-bond acceptors (Lipinski definition) is 4. The molecule has 0 aliphatic heterocycles. The van der Waals surface area contributed by atoms with Gasteiger partial charge in [0.2, 0.25) is 0 Å². The Bertz CT molecular complexity index is 262. The lowest BCUT2D eigenvalue weighted by Gasteiger charge is -2.40. The summed E-state index contributed by atoms with van der Waals surface area (Å²) in [5.74, 6) is 1.10. The van der Waals surface area contributed by atoms with Crippen molar-refractivity contribution in [2.75, 3.05) is 40.1 Å². The van der Waals surface area contributed by atoms with Crippen molar-refractivity contribution in [2.45, 2.75) is 52.6 Å². The van der Waals surface area contributed by atoms with E-state index < -0.39 is 0 Å². The summed E-state index contributed by atoms with van der Waals surface area (Å²) >= 11 is 0. The second-order valence-corrected chi connectivity index (χ2v) is 7.21. The van der Waals surface area contributed by atoms with Crippen LogP contribution < -0.4 is 0 Å². The number of ether oxygens (including phenoxy) is 3. The topological polar surface area (TPSA) is 47.9 Å². The molecule has 0 amide bonds. The van der Waals surface area contributed by atoms with E-state index in [9.17, 15) is 5.11 Å². The molecule has 0 spiro atoms. The first-order valence-corrected chi connectivity index (χ1v) is 8.27. The Kier molecular flexibility index (Phi) is 8.79. The SMILES string of the molecule is COCCOCCOCCC1CC(C(C)(C)C)CCC1O. The van der Waals surface area contributed by atoms with Crippen LogP contribution >= 0.6 is 0 Å². The summed E-state index contributed by atoms with van der Waals surface area (Å²) in [7, 11) is 1.67. The standard InChI is InChI=1S/C17H34O4/c1-17(2,3)15-5-6-16(18)14(13-15)7-8-20-11-12-21-10-9-19-4/h14-16,18H,5-13H2,1-4H3. The molecule has 1 rings (SSSR count). The minimum atomic E-state index is -0.148. The van der Waals surface area contributed by atoms with Gasteiger partial charge < -0.3 is 19.3 Å². The molecule has 1 N–H and O–H groups in total. The molecule has 0 aromatic carbocycles. The third-order valence-corrected chi connectivity index (χ3v) is 4.60. The number of hydrogen-bond donors (Lipinski definition) is 1. The van der Waals surface area contributed by atoms with Gasteiger partial charge in [-0.25, -0.2) is 0 Å². The van der Waals surface area contributed by atoms with Gasteiger partial charge in [-0.15, -0.1) is 0 Å². The molecule has 126 valence electrons. The number of aliphatic hydroxyl groups is 1. The van der Waals surface area contributed by atoms with E-state index in [1.165, 1.54) is 0 Å². The summed E-state index contributed by atoms with van der Waals surface area (Å²) in [5.41, 5.74) is 0.342. The molecule has 0 bridgehead atoms. The van der Waals surface area contributed by atoms with Crippen LogP contribution in [0.5, 0.6) is 0 Å². The molecule has 0 aromatic heterocycles. The normalized spacial score (nSPS) is 27.0. The summed E-state index contributed by atoms with van der Waals surface area (Å²) in [6.07, 6.45) is 4.01. The molecule has 0 aromatic rings. The molecular formula is C17H34O4. The van der Waals surface area contributed by atoms with Crippen LogP contribution in [0.25, 0.3) is 0 Å². The van der Waals surface area contributed by atoms with Gasteiger partial charge in [-0.1, -0.05) is 20.8 Å². The lowest BCUT2D eigenvalue weighted by molar-refractivity contribution is -0.00979. The maximum absolute atomic E-state index is 10.2. The van der Waals surface area contributed by atoms with E-state index >= 15 is 0 Å². The fraction of sp³-hybridized carbons (Fsp3) is 1.00. The predicted molar refractivity (Wildman–Crippen MR) is 84.4 cm³/mol. The van der Waals surface area contributed by atoms with Gasteiger partial charge in [-0.3, -0.25) is 0 Å². The first-order chi connectivity index (χ1) is 9.95. The van der Waals surface area contributed by atoms with Crippen LogP contribution in [0.4, 0.5) is 0 Å². The van der Waals surface area contributed by atoms with Gasteiger partial charge in [0.15, 0.2) is 0 Å². The van der Waals surface area contributed by atoms with Gasteiger partial charge in [0.25, 0.3) is 0 Å².